The molecule has 0 bridgehead atoms. The highest BCUT2D eigenvalue weighted by molar-refractivity contribution is 9.10. The first-order chi connectivity index (χ1) is 6.27. The van der Waals surface area contributed by atoms with Crippen LogP contribution in [0.5, 0.6) is 5.75 Å². The van der Waals surface area contributed by atoms with E-state index in [2.05, 4.69) is 31.9 Å². The van der Waals surface area contributed by atoms with E-state index < -0.39 is 0 Å². The molecular formula is C9H10Br2O2. The molecular weight excluding hydrogens is 300 g/mol. The quantitative estimate of drug-likeness (QED) is 0.627. The van der Waals surface area contributed by atoms with Gasteiger partial charge in [0, 0.05) is 22.5 Å². The highest BCUT2D eigenvalue weighted by Gasteiger charge is 2.02. The third kappa shape index (κ3) is 3.29. The summed E-state index contributed by atoms with van der Waals surface area (Å²) in [5, 5.41) is 0.769. The molecule has 0 radical (unpaired) electrons. The van der Waals surface area contributed by atoms with Crippen LogP contribution in [-0.2, 0) is 10.1 Å². The molecule has 0 aromatic heterocycles. The summed E-state index contributed by atoms with van der Waals surface area (Å²) in [7, 11) is 1.60. The van der Waals surface area contributed by atoms with Crippen molar-refractivity contribution >= 4 is 31.9 Å². The molecule has 0 heterocycles. The Hall–Kier alpha value is -0.0600. The average molecular weight is 310 g/mol. The second-order valence-corrected chi connectivity index (χ2v) is 3.91. The lowest BCUT2D eigenvalue weighted by atomic mass is 10.2. The van der Waals surface area contributed by atoms with Gasteiger partial charge in [0.15, 0.2) is 6.79 Å². The SMILES string of the molecule is COCOc1ccc(Br)cc1CBr. The molecule has 13 heavy (non-hydrogen) atoms. The van der Waals surface area contributed by atoms with Crippen molar-refractivity contribution in [3.63, 3.8) is 0 Å². The normalized spacial score (nSPS) is 10.1. The fourth-order valence-corrected chi connectivity index (χ4v) is 1.76. The first-order valence-corrected chi connectivity index (χ1v) is 5.65. The maximum absolute atomic E-state index is 5.36. The second kappa shape index (κ2) is 5.62. The van der Waals surface area contributed by atoms with Gasteiger partial charge in [-0.2, -0.15) is 0 Å². The highest BCUT2D eigenvalue weighted by Crippen LogP contribution is 2.25. The summed E-state index contributed by atoms with van der Waals surface area (Å²) in [6, 6.07) is 5.87. The first-order valence-electron chi connectivity index (χ1n) is 3.74. The molecule has 0 amide bonds. The van der Waals surface area contributed by atoms with Crippen molar-refractivity contribution in [2.24, 2.45) is 0 Å². The van der Waals surface area contributed by atoms with Crippen molar-refractivity contribution in [3.8, 4) is 5.75 Å². The molecule has 0 aliphatic carbocycles. The second-order valence-electron chi connectivity index (χ2n) is 2.44. The minimum atomic E-state index is 0.279. The lowest BCUT2D eigenvalue weighted by Gasteiger charge is -2.08. The Balaban J connectivity index is 2.79. The van der Waals surface area contributed by atoms with E-state index in [0.29, 0.717) is 0 Å². The molecule has 0 unspecified atom stereocenters. The zero-order chi connectivity index (χ0) is 9.68. The minimum Gasteiger partial charge on any atom is -0.467 e. The van der Waals surface area contributed by atoms with Gasteiger partial charge < -0.3 is 9.47 Å². The van der Waals surface area contributed by atoms with Crippen LogP contribution < -0.4 is 4.74 Å². The van der Waals surface area contributed by atoms with Crippen molar-refractivity contribution in [1.29, 1.82) is 0 Å². The van der Waals surface area contributed by atoms with Gasteiger partial charge in [-0.25, -0.2) is 0 Å². The predicted octanol–water partition coefficient (Wildman–Crippen LogP) is 3.33. The molecule has 0 N–H and O–H groups in total. The van der Waals surface area contributed by atoms with Crippen molar-refractivity contribution < 1.29 is 9.47 Å². The Kier molecular flexibility index (Phi) is 4.77. The smallest absolute Gasteiger partial charge is 0.188 e. The Morgan fingerprint density at radius 3 is 2.77 bits per heavy atom. The fourth-order valence-electron chi connectivity index (χ4n) is 0.916. The van der Waals surface area contributed by atoms with Gasteiger partial charge in [-0.05, 0) is 18.2 Å². The molecule has 0 saturated carbocycles. The van der Waals surface area contributed by atoms with E-state index in [1.165, 1.54) is 0 Å². The summed E-state index contributed by atoms with van der Waals surface area (Å²) in [5.41, 5.74) is 1.10. The zero-order valence-electron chi connectivity index (χ0n) is 7.22. The summed E-state index contributed by atoms with van der Waals surface area (Å²) in [5.74, 6) is 0.849. The molecule has 0 aliphatic rings. The van der Waals surface area contributed by atoms with Gasteiger partial charge in [0.05, 0.1) is 0 Å². The molecule has 0 spiro atoms. The van der Waals surface area contributed by atoms with Gasteiger partial charge in [-0.3, -0.25) is 0 Å². The molecule has 0 aliphatic heterocycles. The van der Waals surface area contributed by atoms with Crippen LogP contribution in [0.3, 0.4) is 0 Å². The van der Waals surface area contributed by atoms with Gasteiger partial charge in [0.1, 0.15) is 5.75 Å². The zero-order valence-corrected chi connectivity index (χ0v) is 10.4. The van der Waals surface area contributed by atoms with Crippen molar-refractivity contribution in [2.75, 3.05) is 13.9 Å². The van der Waals surface area contributed by atoms with Gasteiger partial charge in [0.2, 0.25) is 0 Å². The van der Waals surface area contributed by atoms with Gasteiger partial charge in [-0.1, -0.05) is 31.9 Å². The van der Waals surface area contributed by atoms with Crippen LogP contribution in [-0.4, -0.2) is 13.9 Å². The van der Waals surface area contributed by atoms with Crippen molar-refractivity contribution in [1.82, 2.24) is 0 Å². The van der Waals surface area contributed by atoms with E-state index in [4.69, 9.17) is 9.47 Å². The minimum absolute atomic E-state index is 0.279. The maximum atomic E-state index is 5.36. The molecule has 0 fully saturated rings. The van der Waals surface area contributed by atoms with Crippen LogP contribution in [0.15, 0.2) is 22.7 Å². The standard InChI is InChI=1S/C9H10Br2O2/c1-12-6-13-9-3-2-8(11)4-7(9)5-10/h2-4H,5-6H2,1H3. The van der Waals surface area contributed by atoms with Crippen LogP contribution in [0, 0.1) is 0 Å². The van der Waals surface area contributed by atoms with Crippen LogP contribution in [0.25, 0.3) is 0 Å². The van der Waals surface area contributed by atoms with Crippen molar-refractivity contribution in [2.45, 2.75) is 5.33 Å². The Labute approximate surface area is 94.5 Å². The first kappa shape index (κ1) is 11.0. The molecule has 1 rings (SSSR count). The number of benzene rings is 1. The number of hydrogen-bond donors (Lipinski definition) is 0. The maximum Gasteiger partial charge on any atom is 0.188 e. The number of rotatable bonds is 4. The number of halogens is 2. The molecule has 72 valence electrons. The fraction of sp³-hybridized carbons (Fsp3) is 0.333. The molecule has 4 heteroatoms. The molecule has 0 saturated heterocycles. The summed E-state index contributed by atoms with van der Waals surface area (Å²) in [4.78, 5) is 0. The topological polar surface area (TPSA) is 18.5 Å². The molecule has 1 aromatic rings. The summed E-state index contributed by atoms with van der Waals surface area (Å²) < 4.78 is 11.2. The van der Waals surface area contributed by atoms with Crippen LogP contribution >= 0.6 is 31.9 Å². The molecule has 1 aromatic carbocycles. The monoisotopic (exact) mass is 308 g/mol. The van der Waals surface area contributed by atoms with Gasteiger partial charge in [-0.15, -0.1) is 0 Å². The van der Waals surface area contributed by atoms with Crippen molar-refractivity contribution in [3.05, 3.63) is 28.2 Å². The van der Waals surface area contributed by atoms with Crippen LogP contribution in [0.1, 0.15) is 5.56 Å². The third-order valence-electron chi connectivity index (χ3n) is 1.50. The van der Waals surface area contributed by atoms with E-state index in [1.54, 1.807) is 7.11 Å². The Morgan fingerprint density at radius 2 is 2.15 bits per heavy atom. The van der Waals surface area contributed by atoms with E-state index in [1.807, 2.05) is 18.2 Å². The number of alkyl halides is 1. The summed E-state index contributed by atoms with van der Waals surface area (Å²) in [6.45, 7) is 0.279. The number of methoxy groups -OCH3 is 1. The molecule has 2 nitrogen and oxygen atoms in total. The third-order valence-corrected chi connectivity index (χ3v) is 2.60. The molecule has 0 atom stereocenters. The predicted molar refractivity (Wildman–Crippen MR) is 59.3 cm³/mol. The number of ether oxygens (including phenoxy) is 2. The van der Waals surface area contributed by atoms with E-state index >= 15 is 0 Å². The summed E-state index contributed by atoms with van der Waals surface area (Å²) in [6.07, 6.45) is 0. The lowest BCUT2D eigenvalue weighted by molar-refractivity contribution is 0.0506. The average Bonchev–Trinajstić information content (AvgIpc) is 2.16. The van der Waals surface area contributed by atoms with Gasteiger partial charge in [0.25, 0.3) is 0 Å². The van der Waals surface area contributed by atoms with E-state index in [0.717, 1.165) is 21.1 Å². The van der Waals surface area contributed by atoms with Crippen LogP contribution in [0.2, 0.25) is 0 Å². The van der Waals surface area contributed by atoms with E-state index in [-0.39, 0.29) is 6.79 Å². The van der Waals surface area contributed by atoms with Crippen LogP contribution in [0.4, 0.5) is 0 Å². The number of hydrogen-bond acceptors (Lipinski definition) is 2. The lowest BCUT2D eigenvalue weighted by Crippen LogP contribution is -2.00. The summed E-state index contributed by atoms with van der Waals surface area (Å²) >= 11 is 6.79. The Bertz CT molecular complexity index is 276. The largest absolute Gasteiger partial charge is 0.467 e. The van der Waals surface area contributed by atoms with E-state index in [9.17, 15) is 0 Å². The highest BCUT2D eigenvalue weighted by atomic mass is 79.9. The van der Waals surface area contributed by atoms with Gasteiger partial charge >= 0.3 is 0 Å². The Morgan fingerprint density at radius 1 is 1.38 bits per heavy atom.